The van der Waals surface area contributed by atoms with Gasteiger partial charge in [-0.2, -0.15) is 0 Å². The minimum absolute atomic E-state index is 0.220. The molecule has 130 valence electrons. The fourth-order valence-corrected chi connectivity index (χ4v) is 2.37. The van der Waals surface area contributed by atoms with Gasteiger partial charge in [-0.15, -0.1) is 0 Å². The molecule has 0 aliphatic heterocycles. The van der Waals surface area contributed by atoms with Crippen LogP contribution in [0.15, 0.2) is 48.5 Å². The van der Waals surface area contributed by atoms with E-state index < -0.39 is 23.8 Å². The first kappa shape index (κ1) is 18.8. The maximum absolute atomic E-state index is 12.1. The number of carbonyl (C=O) groups is 3. The molecule has 0 aliphatic rings. The lowest BCUT2D eigenvalue weighted by molar-refractivity contribution is -0.123. The first-order chi connectivity index (χ1) is 11.9. The van der Waals surface area contributed by atoms with Crippen LogP contribution in [0.2, 0.25) is 10.0 Å². The fraction of sp³-hybridized carbons (Fsp3) is 0.118. The number of halogens is 2. The van der Waals surface area contributed by atoms with Crippen LogP contribution in [-0.4, -0.2) is 23.8 Å². The van der Waals surface area contributed by atoms with Gasteiger partial charge in [0.15, 0.2) is 0 Å². The van der Waals surface area contributed by atoms with Crippen molar-refractivity contribution in [3.63, 3.8) is 0 Å². The molecular formula is C17H15Cl2N3O3. The first-order valence-corrected chi connectivity index (χ1v) is 8.06. The predicted octanol–water partition coefficient (Wildman–Crippen LogP) is 2.57. The Morgan fingerprint density at radius 1 is 0.800 bits per heavy atom. The molecule has 3 N–H and O–H groups in total. The molecule has 0 unspecified atom stereocenters. The second-order valence-corrected chi connectivity index (χ2v) is 5.91. The maximum atomic E-state index is 12.1. The van der Waals surface area contributed by atoms with Crippen molar-refractivity contribution in [1.29, 1.82) is 0 Å². The Labute approximate surface area is 154 Å². The minimum Gasteiger partial charge on any atom is -0.340 e. The van der Waals surface area contributed by atoms with Crippen LogP contribution >= 0.6 is 23.2 Å². The van der Waals surface area contributed by atoms with Crippen molar-refractivity contribution in [1.82, 2.24) is 16.2 Å². The lowest BCUT2D eigenvalue weighted by atomic mass is 10.2. The van der Waals surface area contributed by atoms with Crippen molar-refractivity contribution in [3.8, 4) is 0 Å². The first-order valence-electron chi connectivity index (χ1n) is 7.30. The van der Waals surface area contributed by atoms with Gasteiger partial charge in [-0.3, -0.25) is 25.2 Å². The Balaban J connectivity index is 1.90. The summed E-state index contributed by atoms with van der Waals surface area (Å²) in [6.07, 6.45) is 0. The van der Waals surface area contributed by atoms with E-state index in [1.807, 2.05) is 0 Å². The third-order valence-electron chi connectivity index (χ3n) is 3.28. The van der Waals surface area contributed by atoms with E-state index in [1.54, 1.807) is 42.5 Å². The highest BCUT2D eigenvalue weighted by atomic mass is 35.5. The molecular weight excluding hydrogens is 365 g/mol. The summed E-state index contributed by atoms with van der Waals surface area (Å²) in [4.78, 5) is 36.1. The normalized spacial score (nSPS) is 11.3. The monoisotopic (exact) mass is 379 g/mol. The molecule has 1 atom stereocenters. The highest BCUT2D eigenvalue weighted by Crippen LogP contribution is 2.15. The Morgan fingerprint density at radius 2 is 1.28 bits per heavy atom. The quantitative estimate of drug-likeness (QED) is 0.713. The van der Waals surface area contributed by atoms with Crippen molar-refractivity contribution >= 4 is 40.9 Å². The number of hydrogen-bond donors (Lipinski definition) is 3. The van der Waals surface area contributed by atoms with Gasteiger partial charge in [-0.1, -0.05) is 47.5 Å². The third kappa shape index (κ3) is 4.95. The van der Waals surface area contributed by atoms with Crippen molar-refractivity contribution < 1.29 is 14.4 Å². The summed E-state index contributed by atoms with van der Waals surface area (Å²) in [5, 5.41) is 3.03. The second kappa shape index (κ2) is 8.50. The highest BCUT2D eigenvalue weighted by molar-refractivity contribution is 6.34. The highest BCUT2D eigenvalue weighted by Gasteiger charge is 2.19. The molecule has 8 heteroatoms. The summed E-state index contributed by atoms with van der Waals surface area (Å²) in [7, 11) is 0. The summed E-state index contributed by atoms with van der Waals surface area (Å²) < 4.78 is 0. The molecule has 0 heterocycles. The van der Waals surface area contributed by atoms with E-state index in [2.05, 4.69) is 16.2 Å². The van der Waals surface area contributed by atoms with Gasteiger partial charge in [0.2, 0.25) is 0 Å². The lowest BCUT2D eigenvalue weighted by Gasteiger charge is -2.15. The van der Waals surface area contributed by atoms with Crippen LogP contribution in [-0.2, 0) is 4.79 Å². The molecule has 3 amide bonds. The van der Waals surface area contributed by atoms with Crippen LogP contribution in [0, 0.1) is 0 Å². The Hall–Kier alpha value is -2.57. The Morgan fingerprint density at radius 3 is 1.80 bits per heavy atom. The molecule has 0 aromatic heterocycles. The summed E-state index contributed by atoms with van der Waals surface area (Å²) in [6, 6.07) is 12.0. The van der Waals surface area contributed by atoms with Crippen molar-refractivity contribution in [3.05, 3.63) is 69.7 Å². The average molecular weight is 380 g/mol. The SMILES string of the molecule is C[C@@H](NC(=O)c1ccccc1Cl)C(=O)NNC(=O)c1ccccc1Cl. The van der Waals surface area contributed by atoms with Gasteiger partial charge in [-0.05, 0) is 31.2 Å². The van der Waals surface area contributed by atoms with Gasteiger partial charge in [0.1, 0.15) is 6.04 Å². The molecule has 2 aromatic carbocycles. The molecule has 0 radical (unpaired) electrons. The van der Waals surface area contributed by atoms with Crippen LogP contribution in [0.3, 0.4) is 0 Å². The minimum atomic E-state index is -0.893. The van der Waals surface area contributed by atoms with E-state index in [9.17, 15) is 14.4 Å². The van der Waals surface area contributed by atoms with Crippen molar-refractivity contribution in [2.45, 2.75) is 13.0 Å². The predicted molar refractivity (Wildman–Crippen MR) is 95.4 cm³/mol. The average Bonchev–Trinajstić information content (AvgIpc) is 2.60. The van der Waals surface area contributed by atoms with Crippen LogP contribution < -0.4 is 16.2 Å². The molecule has 2 aromatic rings. The number of rotatable bonds is 4. The van der Waals surface area contributed by atoms with E-state index in [4.69, 9.17) is 23.2 Å². The van der Waals surface area contributed by atoms with Gasteiger partial charge >= 0.3 is 0 Å². The molecule has 0 bridgehead atoms. The summed E-state index contributed by atoms with van der Waals surface area (Å²) in [6.45, 7) is 1.48. The summed E-state index contributed by atoms with van der Waals surface area (Å²) >= 11 is 11.8. The van der Waals surface area contributed by atoms with Crippen molar-refractivity contribution in [2.75, 3.05) is 0 Å². The van der Waals surface area contributed by atoms with E-state index in [0.717, 1.165) is 0 Å². The topological polar surface area (TPSA) is 87.3 Å². The lowest BCUT2D eigenvalue weighted by Crippen LogP contribution is -2.51. The van der Waals surface area contributed by atoms with Crippen LogP contribution in [0.25, 0.3) is 0 Å². The zero-order valence-electron chi connectivity index (χ0n) is 13.2. The van der Waals surface area contributed by atoms with Gasteiger partial charge in [-0.25, -0.2) is 0 Å². The number of hydrazine groups is 1. The maximum Gasteiger partial charge on any atom is 0.271 e. The number of amides is 3. The fourth-order valence-electron chi connectivity index (χ4n) is 1.92. The Kier molecular flexibility index (Phi) is 6.38. The summed E-state index contributed by atoms with van der Waals surface area (Å²) in [5.41, 5.74) is 4.95. The molecule has 6 nitrogen and oxygen atoms in total. The van der Waals surface area contributed by atoms with Gasteiger partial charge in [0, 0.05) is 0 Å². The summed E-state index contributed by atoms with van der Waals surface area (Å²) in [5.74, 6) is -1.66. The van der Waals surface area contributed by atoms with Crippen LogP contribution in [0.5, 0.6) is 0 Å². The number of nitrogens with one attached hydrogen (secondary N) is 3. The van der Waals surface area contributed by atoms with E-state index in [1.165, 1.54) is 13.0 Å². The van der Waals surface area contributed by atoms with Crippen LogP contribution in [0.1, 0.15) is 27.6 Å². The van der Waals surface area contributed by atoms with Gasteiger partial charge in [0.25, 0.3) is 17.7 Å². The van der Waals surface area contributed by atoms with Gasteiger partial charge < -0.3 is 5.32 Å². The molecule has 2 rings (SSSR count). The Bertz CT molecular complexity index is 811. The smallest absolute Gasteiger partial charge is 0.271 e. The zero-order chi connectivity index (χ0) is 18.4. The van der Waals surface area contributed by atoms with E-state index >= 15 is 0 Å². The van der Waals surface area contributed by atoms with Crippen molar-refractivity contribution in [2.24, 2.45) is 0 Å². The molecule has 25 heavy (non-hydrogen) atoms. The van der Waals surface area contributed by atoms with Crippen LogP contribution in [0.4, 0.5) is 0 Å². The molecule has 0 spiro atoms. The molecule has 0 saturated heterocycles. The molecule has 0 saturated carbocycles. The standard InChI is InChI=1S/C17H15Cl2N3O3/c1-10(20-16(24)11-6-2-4-8-13(11)18)15(23)21-22-17(25)12-7-3-5-9-14(12)19/h2-10H,1H3,(H,20,24)(H,21,23)(H,22,25)/t10-/m1/s1. The number of carbonyl (C=O) groups excluding carboxylic acids is 3. The third-order valence-corrected chi connectivity index (χ3v) is 3.94. The largest absolute Gasteiger partial charge is 0.340 e. The molecule has 0 aliphatic carbocycles. The number of hydrogen-bond acceptors (Lipinski definition) is 3. The van der Waals surface area contributed by atoms with Gasteiger partial charge in [0.05, 0.1) is 21.2 Å². The molecule has 0 fully saturated rings. The number of benzene rings is 2. The zero-order valence-corrected chi connectivity index (χ0v) is 14.7. The van der Waals surface area contributed by atoms with E-state index in [0.29, 0.717) is 0 Å². The second-order valence-electron chi connectivity index (χ2n) is 5.10. The van der Waals surface area contributed by atoms with E-state index in [-0.39, 0.29) is 21.2 Å².